The molecule has 2 saturated heterocycles. The number of nitrogens with zero attached hydrogens (tertiary/aromatic N) is 2. The highest BCUT2D eigenvalue weighted by Gasteiger charge is 2.59. The lowest BCUT2D eigenvalue weighted by atomic mass is 9.72. The van der Waals surface area contributed by atoms with Gasteiger partial charge in [0.2, 0.25) is 0 Å². The number of carbonyl (C=O) groups is 3. The summed E-state index contributed by atoms with van der Waals surface area (Å²) in [5.41, 5.74) is 6.55. The maximum atomic E-state index is 13.7. The maximum absolute atomic E-state index is 13.7. The van der Waals surface area contributed by atoms with Crippen molar-refractivity contribution in [1.82, 2.24) is 25.8 Å². The molecule has 15 nitrogen and oxygen atoms in total. The Balaban J connectivity index is 0.000000191. The second-order valence-corrected chi connectivity index (χ2v) is 36.9. The molecule has 8 bridgehead atoms. The number of aliphatic hydroxyl groups is 2. The van der Waals surface area contributed by atoms with E-state index in [9.17, 15) is 24.6 Å². The molecule has 90 heavy (non-hydrogen) atoms. The Hall–Kier alpha value is -3.00. The van der Waals surface area contributed by atoms with Crippen molar-refractivity contribution in [3.8, 4) is 0 Å². The van der Waals surface area contributed by atoms with E-state index in [0.29, 0.717) is 59.4 Å². The number of ether oxygens (including phenoxy) is 4. The molecule has 12 rings (SSSR count). The van der Waals surface area contributed by atoms with Gasteiger partial charge in [-0.3, -0.25) is 0 Å². The summed E-state index contributed by atoms with van der Waals surface area (Å²) >= 11 is 17.2. The number of benzene rings is 2. The molecule has 2 aromatic rings. The number of piperidine rings is 2. The number of methoxy groups -OCH3 is 2. The molecule has 3 amide bonds. The lowest BCUT2D eigenvalue weighted by Gasteiger charge is -2.43. The van der Waals surface area contributed by atoms with Crippen LogP contribution in [-0.4, -0.2) is 145 Å². The monoisotopic (exact) mass is 1330 g/mol. The number of amides is 3. The van der Waals surface area contributed by atoms with Crippen molar-refractivity contribution in [3.63, 3.8) is 0 Å². The van der Waals surface area contributed by atoms with E-state index in [-0.39, 0.29) is 36.0 Å². The van der Waals surface area contributed by atoms with Crippen molar-refractivity contribution in [2.75, 3.05) is 87.4 Å². The maximum Gasteiger partial charge on any atom is 0.409 e. The number of halogens is 3. The summed E-state index contributed by atoms with van der Waals surface area (Å²) in [6.07, 6.45) is 25.1. The number of likely N-dealkylation sites (tertiary alicyclic amines) is 1. The summed E-state index contributed by atoms with van der Waals surface area (Å²) in [6.45, 7) is 18.3. The average molecular weight is 1330 g/mol. The van der Waals surface area contributed by atoms with Gasteiger partial charge >= 0.3 is 17.6 Å². The predicted molar refractivity (Wildman–Crippen MR) is 367 cm³/mol. The highest BCUT2D eigenvalue weighted by molar-refractivity contribution is 6.76. The molecule has 4 unspecified atom stereocenters. The smallest absolute Gasteiger partial charge is 0.409 e. The molecule has 0 aromatic heterocycles. The second-order valence-electron chi connectivity index (χ2n) is 30.1. The van der Waals surface area contributed by atoms with Crippen LogP contribution in [0.3, 0.4) is 0 Å². The number of hydrogen-bond acceptors (Lipinski definition) is 12. The lowest BCUT2D eigenvalue weighted by Crippen LogP contribution is -2.54. The first kappa shape index (κ1) is 74.4. The van der Waals surface area contributed by atoms with Gasteiger partial charge in [0.05, 0.1) is 23.6 Å². The van der Waals surface area contributed by atoms with Gasteiger partial charge in [-0.25, -0.2) is 14.4 Å². The van der Waals surface area contributed by atoms with E-state index < -0.39 is 24.7 Å². The van der Waals surface area contributed by atoms with Crippen molar-refractivity contribution >= 4 is 60.4 Å². The summed E-state index contributed by atoms with van der Waals surface area (Å²) in [6, 6.07) is 16.6. The molecule has 8 saturated carbocycles. The molecule has 10 aliphatic rings. The molecule has 7 N–H and O–H groups in total. The van der Waals surface area contributed by atoms with Crippen molar-refractivity contribution < 1.29 is 43.5 Å². The summed E-state index contributed by atoms with van der Waals surface area (Å²) in [5, 5.41) is 35.1. The van der Waals surface area contributed by atoms with Crippen LogP contribution < -0.4 is 21.7 Å². The lowest BCUT2D eigenvalue weighted by molar-refractivity contribution is -0.0564. The van der Waals surface area contributed by atoms with Crippen LogP contribution in [0.1, 0.15) is 159 Å². The van der Waals surface area contributed by atoms with E-state index >= 15 is 0 Å². The minimum atomic E-state index is -1.15. The molecule has 2 aromatic carbocycles. The normalized spacial score (nSPS) is 28.8. The van der Waals surface area contributed by atoms with Crippen LogP contribution in [0.5, 0.6) is 0 Å². The molecule has 508 valence electrons. The molecule has 2 aliphatic heterocycles. The van der Waals surface area contributed by atoms with Crippen LogP contribution in [0, 0.1) is 58.2 Å². The van der Waals surface area contributed by atoms with Gasteiger partial charge < -0.3 is 60.6 Å². The minimum Gasteiger partial charge on any atom is -0.450 e. The zero-order chi connectivity index (χ0) is 65.3. The number of carbonyl (C=O) groups excluding carboxylic acids is 3. The number of likely N-dealkylation sites (N-methyl/N-ethyl adjacent to an activating group) is 2. The van der Waals surface area contributed by atoms with Crippen LogP contribution in [0.15, 0.2) is 60.9 Å². The number of unbranched alkanes of at least 4 members (excludes halogenated alkanes) is 2. The van der Waals surface area contributed by atoms with Crippen molar-refractivity contribution in [2.45, 2.75) is 197 Å². The summed E-state index contributed by atoms with van der Waals surface area (Å²) in [7, 11) is 6.09. The van der Waals surface area contributed by atoms with Crippen LogP contribution in [0.4, 0.5) is 14.4 Å². The van der Waals surface area contributed by atoms with E-state index in [4.69, 9.17) is 54.7 Å². The highest BCUT2D eigenvalue weighted by atomic mass is 35.5. The van der Waals surface area contributed by atoms with Crippen molar-refractivity contribution in [3.05, 3.63) is 82.0 Å². The van der Waals surface area contributed by atoms with Crippen LogP contribution in [-0.2, 0) is 30.1 Å². The van der Waals surface area contributed by atoms with Gasteiger partial charge in [0.25, 0.3) is 0 Å². The summed E-state index contributed by atoms with van der Waals surface area (Å²) in [5.74, 6) is 6.09. The largest absolute Gasteiger partial charge is 0.450 e. The average Bonchev–Trinajstić information content (AvgIpc) is 1.60. The minimum absolute atomic E-state index is 0.0249. The Bertz CT molecular complexity index is 2550. The third-order valence-corrected chi connectivity index (χ3v) is 24.1. The number of nitrogens with one attached hydrogen (secondary N) is 3. The number of nitrogens with two attached hydrogens (primary N) is 1. The fraction of sp³-hybridized carbons (Fsp3) is 0.761. The van der Waals surface area contributed by atoms with Gasteiger partial charge in [-0.05, 0) is 250 Å². The number of hydrogen-bond donors (Lipinski definition) is 6. The van der Waals surface area contributed by atoms with Gasteiger partial charge in [0.1, 0.15) is 0 Å². The van der Waals surface area contributed by atoms with E-state index in [1.807, 2.05) is 67.5 Å². The molecule has 8 aliphatic carbocycles. The van der Waals surface area contributed by atoms with Crippen molar-refractivity contribution in [1.29, 1.82) is 0 Å². The number of rotatable bonds is 27. The number of urea groups is 1. The summed E-state index contributed by atoms with van der Waals surface area (Å²) < 4.78 is 20.0. The van der Waals surface area contributed by atoms with Crippen LogP contribution >= 0.6 is 34.8 Å². The Labute approximate surface area is 557 Å². The quantitative estimate of drug-likeness (QED) is 0.0215. The molecule has 19 heteroatoms. The van der Waals surface area contributed by atoms with E-state index in [2.05, 4.69) is 46.9 Å². The first-order valence-corrected chi connectivity index (χ1v) is 39.2. The second kappa shape index (κ2) is 34.6. The van der Waals surface area contributed by atoms with E-state index in [1.54, 1.807) is 26.0 Å². The third-order valence-electron chi connectivity index (χ3n) is 21.9. The van der Waals surface area contributed by atoms with Gasteiger partial charge in [0, 0.05) is 121 Å². The van der Waals surface area contributed by atoms with Crippen molar-refractivity contribution in [2.24, 2.45) is 63.9 Å². The Morgan fingerprint density at radius 2 is 1.32 bits per heavy atom. The molecule has 2 heterocycles. The predicted octanol–water partition coefficient (Wildman–Crippen LogP) is 14.7. The zero-order valence-electron chi connectivity index (χ0n) is 56.1. The van der Waals surface area contributed by atoms with Gasteiger partial charge in [-0.15, -0.1) is 0 Å². The molecular formula is C71H115Cl3N6O9Si. The standard InChI is InChI=1S/C31H48ClN3O3.C19H36N2O2Si.C17H26ClNO2.C4H5ClO2/c1-33-20-28(19-30-17-22-13-23(18-30)15-26(30)14-22)34-29(36)35-11-6-8-25(21-35)31(37,10-3-4-12-38-2)24-7-5-9-27(32)16-24;1-21(18(22)23-5-6-24(2,3)4)13-17(20)12-19-10-14-7-15(11-19)9-16(19)8-14;1-21-11-3-2-9-17(20,15-7-5-10-19-13-15)14-6-4-8-16(18)12-14;1-3(2)7-4(5)6/h5,7,9,16,22-23,25-26,28,33,37H,3-4,6,8,10-15,17-21H2,1-2H3,(H,34,36);14-17H,5-13,20H2,1-4H3;4,6,8,12,15,19-20H,2-3,5,7,9-11,13H2,1H3;1H2,2H3/t22?,23?,25-,26?,28+,30?,31-;14?,15?,16?,17-,19?;15-,17-;/m101./s1. The Kier molecular flexibility index (Phi) is 28.6. The first-order valence-electron chi connectivity index (χ1n) is 34.3. The van der Waals surface area contributed by atoms with Crippen LogP contribution in [0.25, 0.3) is 0 Å². The number of allylic oxidation sites excluding steroid dienone is 1. The molecular weight excluding hydrogens is 1220 g/mol. The molecule has 10 fully saturated rings. The third kappa shape index (κ3) is 21.0. The van der Waals surface area contributed by atoms with Gasteiger partial charge in [0.15, 0.2) is 0 Å². The Morgan fingerprint density at radius 1 is 0.800 bits per heavy atom. The van der Waals surface area contributed by atoms with Crippen LogP contribution in [0.2, 0.25) is 35.7 Å². The zero-order valence-corrected chi connectivity index (χ0v) is 59.4. The first-order chi connectivity index (χ1) is 42.8. The topological polar surface area (TPSA) is 197 Å². The van der Waals surface area contributed by atoms with Gasteiger partial charge in [-0.2, -0.15) is 0 Å². The molecule has 0 spiro atoms. The SMILES string of the molecule is C=C(C)OC(=O)Cl.CN(C[C@@H](N)CC12CC3CC(CC1C3)C2)C(=O)OCC[Si](C)(C)C.CNC[C@H](CC12CC3CC(CC1C3)C2)NC(=O)N1CCC[C@@H]([C@@](O)(CCCCOC)c2cccc(Cl)c2)C1.COCCCC[C@@](O)(c1cccc(Cl)c1)[C@@H]1CCCNC1. The Morgan fingerprint density at radius 3 is 1.78 bits per heavy atom. The van der Waals surface area contributed by atoms with E-state index in [1.165, 1.54) is 64.2 Å². The highest BCUT2D eigenvalue weighted by Crippen LogP contribution is 2.68. The van der Waals surface area contributed by atoms with E-state index in [0.717, 1.165) is 156 Å². The fourth-order valence-electron chi connectivity index (χ4n) is 18.3. The van der Waals surface area contributed by atoms with Gasteiger partial charge in [-0.1, -0.05) is 73.7 Å². The summed E-state index contributed by atoms with van der Waals surface area (Å²) in [4.78, 5) is 39.2. The fourth-order valence-corrected chi connectivity index (χ4v) is 19.5. The molecule has 0 radical (unpaired) electrons. The molecule has 10 atom stereocenters.